The molecule has 6 heteroatoms. The molecule has 1 heterocycles. The summed E-state index contributed by atoms with van der Waals surface area (Å²) in [6.07, 6.45) is 0. The quantitative estimate of drug-likeness (QED) is 0.666. The van der Waals surface area contributed by atoms with E-state index in [1.165, 1.54) is 17.3 Å². The van der Waals surface area contributed by atoms with Gasteiger partial charge in [0.15, 0.2) is 0 Å². The molecule has 122 valence electrons. The highest BCUT2D eigenvalue weighted by molar-refractivity contribution is 8.00. The Morgan fingerprint density at radius 2 is 1.74 bits per heavy atom. The first-order valence-electron chi connectivity index (χ1n) is 7.27. The number of carbonyl (C=O) groups is 2. The van der Waals surface area contributed by atoms with Gasteiger partial charge in [-0.2, -0.15) is 0 Å². The van der Waals surface area contributed by atoms with Crippen LogP contribution in [0.1, 0.15) is 34.4 Å². The molecule has 5 nitrogen and oxygen atoms in total. The molecule has 2 aromatic rings. The SMILES string of the molecule is Cc1ccc(S[C@H](C)C(=O)NNC(=O)c2cc(C)oc2C)cc1. The highest BCUT2D eigenvalue weighted by atomic mass is 32.2. The molecule has 0 bridgehead atoms. The van der Waals surface area contributed by atoms with Crippen molar-refractivity contribution in [2.24, 2.45) is 0 Å². The summed E-state index contributed by atoms with van der Waals surface area (Å²) in [4.78, 5) is 25.1. The summed E-state index contributed by atoms with van der Waals surface area (Å²) in [6, 6.07) is 9.58. The second-order valence-electron chi connectivity index (χ2n) is 5.34. The Balaban J connectivity index is 1.87. The smallest absolute Gasteiger partial charge is 0.273 e. The Morgan fingerprint density at radius 1 is 1.09 bits per heavy atom. The molecular formula is C17H20N2O3S. The lowest BCUT2D eigenvalue weighted by atomic mass is 10.2. The number of rotatable bonds is 4. The lowest BCUT2D eigenvalue weighted by Crippen LogP contribution is -2.45. The van der Waals surface area contributed by atoms with E-state index in [0.717, 1.165) is 4.90 Å². The zero-order chi connectivity index (χ0) is 17.0. The molecule has 0 radical (unpaired) electrons. The maximum atomic E-state index is 12.1. The third-order valence-corrected chi connectivity index (χ3v) is 4.40. The number of amides is 2. The largest absolute Gasteiger partial charge is 0.466 e. The fourth-order valence-electron chi connectivity index (χ4n) is 2.02. The molecule has 23 heavy (non-hydrogen) atoms. The Kier molecular flexibility index (Phi) is 5.50. The third kappa shape index (κ3) is 4.63. The molecule has 0 fully saturated rings. The molecule has 0 saturated carbocycles. The second-order valence-corrected chi connectivity index (χ2v) is 6.76. The predicted octanol–water partition coefficient (Wildman–Crippen LogP) is 3.15. The molecule has 1 aromatic carbocycles. The van der Waals surface area contributed by atoms with Crippen LogP contribution in [0.15, 0.2) is 39.6 Å². The molecule has 0 aliphatic heterocycles. The van der Waals surface area contributed by atoms with Crippen LogP contribution in [0, 0.1) is 20.8 Å². The van der Waals surface area contributed by atoms with Crippen molar-refractivity contribution in [2.45, 2.75) is 37.8 Å². The van der Waals surface area contributed by atoms with Crippen LogP contribution >= 0.6 is 11.8 Å². The van der Waals surface area contributed by atoms with Gasteiger partial charge in [-0.3, -0.25) is 20.4 Å². The highest BCUT2D eigenvalue weighted by Crippen LogP contribution is 2.23. The number of thioether (sulfide) groups is 1. The van der Waals surface area contributed by atoms with E-state index >= 15 is 0 Å². The molecule has 0 spiro atoms. The van der Waals surface area contributed by atoms with Crippen LogP contribution < -0.4 is 10.9 Å². The normalized spacial score (nSPS) is 11.8. The van der Waals surface area contributed by atoms with Crippen LogP contribution in [-0.2, 0) is 4.79 Å². The molecule has 2 amide bonds. The minimum atomic E-state index is -0.389. The Hall–Kier alpha value is -2.21. The maximum absolute atomic E-state index is 12.1. The van der Waals surface area contributed by atoms with E-state index in [4.69, 9.17) is 4.42 Å². The van der Waals surface area contributed by atoms with Gasteiger partial charge < -0.3 is 4.42 Å². The van der Waals surface area contributed by atoms with Crippen LogP contribution in [0.4, 0.5) is 0 Å². The monoisotopic (exact) mass is 332 g/mol. The highest BCUT2D eigenvalue weighted by Gasteiger charge is 2.17. The minimum Gasteiger partial charge on any atom is -0.466 e. The molecular weight excluding hydrogens is 312 g/mol. The number of hydrogen-bond acceptors (Lipinski definition) is 4. The van der Waals surface area contributed by atoms with Crippen LogP contribution in [0.25, 0.3) is 0 Å². The first kappa shape index (κ1) is 17.1. The number of hydrogen-bond donors (Lipinski definition) is 2. The van der Waals surface area contributed by atoms with Gasteiger partial charge in [0.2, 0.25) is 0 Å². The standard InChI is InChI=1S/C17H20N2O3S/c1-10-5-7-14(8-6-10)23-13(4)16(20)18-19-17(21)15-9-11(2)22-12(15)3/h5-9,13H,1-4H3,(H,18,20)(H,19,21)/t13-/m1/s1. The van der Waals surface area contributed by atoms with E-state index in [1.807, 2.05) is 31.2 Å². The summed E-state index contributed by atoms with van der Waals surface area (Å²) >= 11 is 1.43. The van der Waals surface area contributed by atoms with Crippen molar-refractivity contribution in [1.29, 1.82) is 0 Å². The molecule has 0 saturated heterocycles. The summed E-state index contributed by atoms with van der Waals surface area (Å²) in [6.45, 7) is 7.28. The lowest BCUT2D eigenvalue weighted by molar-refractivity contribution is -0.121. The van der Waals surface area contributed by atoms with Crippen molar-refractivity contribution >= 4 is 23.6 Å². The van der Waals surface area contributed by atoms with Crippen molar-refractivity contribution in [1.82, 2.24) is 10.9 Å². The summed E-state index contributed by atoms with van der Waals surface area (Å²) in [5.74, 6) is 0.528. The molecule has 1 aromatic heterocycles. The van der Waals surface area contributed by atoms with E-state index < -0.39 is 0 Å². The fraction of sp³-hybridized carbons (Fsp3) is 0.294. The van der Waals surface area contributed by atoms with Crippen molar-refractivity contribution in [3.05, 3.63) is 53.0 Å². The van der Waals surface area contributed by atoms with E-state index in [2.05, 4.69) is 10.9 Å². The number of aryl methyl sites for hydroxylation is 3. The van der Waals surface area contributed by atoms with Crippen LogP contribution in [0.2, 0.25) is 0 Å². The first-order chi connectivity index (χ1) is 10.9. The molecule has 0 aliphatic carbocycles. The van der Waals surface area contributed by atoms with Crippen LogP contribution in [-0.4, -0.2) is 17.1 Å². The van der Waals surface area contributed by atoms with Gasteiger partial charge in [-0.1, -0.05) is 17.7 Å². The topological polar surface area (TPSA) is 71.3 Å². The Bertz CT molecular complexity index is 707. The minimum absolute atomic E-state index is 0.262. The summed E-state index contributed by atoms with van der Waals surface area (Å²) in [7, 11) is 0. The van der Waals surface area contributed by atoms with Gasteiger partial charge in [0.05, 0.1) is 10.8 Å². The van der Waals surface area contributed by atoms with Crippen molar-refractivity contribution < 1.29 is 14.0 Å². The van der Waals surface area contributed by atoms with Gasteiger partial charge >= 0.3 is 0 Å². The molecule has 0 unspecified atom stereocenters. The summed E-state index contributed by atoms with van der Waals surface area (Å²) in [5, 5.41) is -0.329. The average Bonchev–Trinajstić information content (AvgIpc) is 2.85. The van der Waals surface area contributed by atoms with Crippen molar-refractivity contribution in [3.8, 4) is 0 Å². The van der Waals surface area contributed by atoms with E-state index in [1.54, 1.807) is 26.8 Å². The Morgan fingerprint density at radius 3 is 2.30 bits per heavy atom. The van der Waals surface area contributed by atoms with Gasteiger partial charge in [0.25, 0.3) is 11.8 Å². The number of furan rings is 1. The van der Waals surface area contributed by atoms with E-state index in [-0.39, 0.29) is 17.1 Å². The van der Waals surface area contributed by atoms with E-state index in [9.17, 15) is 9.59 Å². The zero-order valence-electron chi connectivity index (χ0n) is 13.6. The average molecular weight is 332 g/mol. The van der Waals surface area contributed by atoms with Gasteiger partial charge in [-0.25, -0.2) is 0 Å². The number of carbonyl (C=O) groups excluding carboxylic acids is 2. The summed E-state index contributed by atoms with van der Waals surface area (Å²) < 4.78 is 5.30. The number of benzene rings is 1. The number of hydrazine groups is 1. The lowest BCUT2D eigenvalue weighted by Gasteiger charge is -2.12. The second kappa shape index (κ2) is 7.37. The first-order valence-corrected chi connectivity index (χ1v) is 8.15. The molecule has 2 N–H and O–H groups in total. The van der Waals surface area contributed by atoms with E-state index in [0.29, 0.717) is 17.1 Å². The maximum Gasteiger partial charge on any atom is 0.273 e. The van der Waals surface area contributed by atoms with Crippen LogP contribution in [0.5, 0.6) is 0 Å². The summed E-state index contributed by atoms with van der Waals surface area (Å²) in [5.41, 5.74) is 6.45. The van der Waals surface area contributed by atoms with Gasteiger partial charge in [0.1, 0.15) is 11.5 Å². The van der Waals surface area contributed by atoms with Gasteiger partial charge in [0, 0.05) is 4.90 Å². The number of nitrogens with one attached hydrogen (secondary N) is 2. The van der Waals surface area contributed by atoms with Crippen molar-refractivity contribution in [2.75, 3.05) is 0 Å². The fourth-order valence-corrected chi connectivity index (χ4v) is 2.89. The van der Waals surface area contributed by atoms with Gasteiger partial charge in [-0.15, -0.1) is 11.8 Å². The third-order valence-electron chi connectivity index (χ3n) is 3.29. The molecule has 0 aliphatic rings. The zero-order valence-corrected chi connectivity index (χ0v) is 14.4. The predicted molar refractivity (Wildman–Crippen MR) is 90.3 cm³/mol. The molecule has 1 atom stereocenters. The Labute approximate surface area is 139 Å². The molecule has 2 rings (SSSR count). The van der Waals surface area contributed by atoms with Crippen LogP contribution in [0.3, 0.4) is 0 Å². The van der Waals surface area contributed by atoms with Crippen molar-refractivity contribution in [3.63, 3.8) is 0 Å². The van der Waals surface area contributed by atoms with Gasteiger partial charge in [-0.05, 0) is 45.9 Å².